The van der Waals surface area contributed by atoms with E-state index in [1.54, 1.807) is 19.1 Å². The van der Waals surface area contributed by atoms with Crippen LogP contribution in [-0.4, -0.2) is 97.3 Å². The first-order valence-electron chi connectivity index (χ1n) is 11.2. The van der Waals surface area contributed by atoms with Crippen molar-refractivity contribution >= 4 is 31.6 Å². The predicted molar refractivity (Wildman–Crippen MR) is 135 cm³/mol. The molecule has 0 spiro atoms. The number of sulfonamides is 2. The molecule has 1 saturated heterocycles. The van der Waals surface area contributed by atoms with Crippen molar-refractivity contribution in [2.45, 2.75) is 16.7 Å². The minimum absolute atomic E-state index is 0.0636. The summed E-state index contributed by atoms with van der Waals surface area (Å²) >= 11 is 0. The summed E-state index contributed by atoms with van der Waals surface area (Å²) in [6.07, 6.45) is 0. The van der Waals surface area contributed by atoms with Crippen LogP contribution in [0, 0.1) is 6.92 Å². The molecule has 0 atom stereocenters. The average molecular weight is 541 g/mol. The number of carbonyl (C=O) groups is 1. The van der Waals surface area contributed by atoms with Gasteiger partial charge in [-0.3, -0.25) is 4.79 Å². The molecule has 11 nitrogen and oxygen atoms in total. The fourth-order valence-corrected chi connectivity index (χ4v) is 6.58. The van der Waals surface area contributed by atoms with E-state index in [9.17, 15) is 21.6 Å². The third-order valence-electron chi connectivity index (χ3n) is 5.98. The topological polar surface area (TPSA) is 126 Å². The zero-order chi connectivity index (χ0) is 26.7. The van der Waals surface area contributed by atoms with Gasteiger partial charge in [0.15, 0.2) is 11.5 Å². The Morgan fingerprint density at radius 1 is 0.972 bits per heavy atom. The number of likely N-dealkylation sites (N-methyl/N-ethyl adjacent to an activating group) is 2. The van der Waals surface area contributed by atoms with Gasteiger partial charge in [-0.25, -0.2) is 16.8 Å². The number of anilines is 1. The zero-order valence-corrected chi connectivity index (χ0v) is 22.6. The van der Waals surface area contributed by atoms with Gasteiger partial charge in [0.25, 0.3) is 0 Å². The highest BCUT2D eigenvalue weighted by molar-refractivity contribution is 7.89. The Hall–Kier alpha value is -2.71. The van der Waals surface area contributed by atoms with Crippen LogP contribution in [0.25, 0.3) is 0 Å². The lowest BCUT2D eigenvalue weighted by atomic mass is 10.2. The molecular formula is C23H32N4O7S2. The van der Waals surface area contributed by atoms with Crippen molar-refractivity contribution in [2.75, 3.05) is 66.4 Å². The van der Waals surface area contributed by atoms with Crippen molar-refractivity contribution in [1.82, 2.24) is 13.5 Å². The van der Waals surface area contributed by atoms with Crippen molar-refractivity contribution in [3.63, 3.8) is 0 Å². The third-order valence-corrected chi connectivity index (χ3v) is 9.82. The molecule has 0 bridgehead atoms. The first kappa shape index (κ1) is 27.9. The lowest BCUT2D eigenvalue weighted by molar-refractivity contribution is -0.116. The number of hydrogen-bond acceptors (Lipinski definition) is 8. The summed E-state index contributed by atoms with van der Waals surface area (Å²) in [7, 11) is -1.70. The molecule has 13 heteroatoms. The summed E-state index contributed by atoms with van der Waals surface area (Å²) < 4.78 is 65.0. The van der Waals surface area contributed by atoms with Gasteiger partial charge in [0.2, 0.25) is 26.0 Å². The molecule has 1 heterocycles. The monoisotopic (exact) mass is 540 g/mol. The number of nitrogens with one attached hydrogen (secondary N) is 1. The van der Waals surface area contributed by atoms with Crippen LogP contribution in [0.15, 0.2) is 46.2 Å². The Morgan fingerprint density at radius 3 is 2.22 bits per heavy atom. The molecule has 1 aliphatic rings. The molecule has 1 amide bonds. The van der Waals surface area contributed by atoms with Gasteiger partial charge in [-0.15, -0.1) is 0 Å². The number of carbonyl (C=O) groups excluding carboxylic acids is 1. The van der Waals surface area contributed by atoms with Crippen molar-refractivity contribution in [3.05, 3.63) is 42.0 Å². The molecule has 0 radical (unpaired) electrons. The molecule has 3 rings (SSSR count). The molecule has 198 valence electrons. The fraction of sp³-hybridized carbons (Fsp3) is 0.435. The highest BCUT2D eigenvalue weighted by atomic mass is 32.2. The van der Waals surface area contributed by atoms with Crippen LogP contribution < -0.4 is 14.8 Å². The smallest absolute Gasteiger partial charge is 0.243 e. The summed E-state index contributed by atoms with van der Waals surface area (Å²) in [5.74, 6) is -0.00271. The van der Waals surface area contributed by atoms with Crippen LogP contribution >= 0.6 is 0 Å². The van der Waals surface area contributed by atoms with Crippen LogP contribution in [-0.2, 0) is 24.8 Å². The van der Waals surface area contributed by atoms with Crippen LogP contribution in [0.1, 0.15) is 5.56 Å². The van der Waals surface area contributed by atoms with E-state index < -0.39 is 32.5 Å². The molecule has 1 N–H and O–H groups in total. The predicted octanol–water partition coefficient (Wildman–Crippen LogP) is 1.21. The van der Waals surface area contributed by atoms with Gasteiger partial charge in [-0.2, -0.15) is 8.61 Å². The van der Waals surface area contributed by atoms with E-state index in [4.69, 9.17) is 9.47 Å². The van der Waals surface area contributed by atoms with Gasteiger partial charge in [-0.05, 0) is 43.8 Å². The van der Waals surface area contributed by atoms with E-state index in [-0.39, 0.29) is 21.2 Å². The van der Waals surface area contributed by atoms with Crippen LogP contribution in [0.2, 0.25) is 0 Å². The summed E-state index contributed by atoms with van der Waals surface area (Å²) in [5.41, 5.74) is 0.815. The van der Waals surface area contributed by atoms with E-state index in [1.807, 2.05) is 7.05 Å². The van der Waals surface area contributed by atoms with E-state index in [1.165, 1.54) is 49.8 Å². The van der Waals surface area contributed by atoms with Gasteiger partial charge < -0.3 is 19.7 Å². The van der Waals surface area contributed by atoms with Crippen molar-refractivity contribution in [3.8, 4) is 11.5 Å². The Labute approximate surface area is 212 Å². The third kappa shape index (κ3) is 5.98. The standard InChI is InChI=1S/C23H32N4O7S2/c1-17-6-7-18(14-22(17)36(31,32)27-12-10-25(2)11-13-27)24-23(28)16-26(3)35(29,30)19-8-9-20(33-4)21(15-19)34-5/h6-9,14-15H,10-13,16H2,1-5H3,(H,24,28). The fourth-order valence-electron chi connectivity index (χ4n) is 3.77. The second kappa shape index (κ2) is 11.1. The van der Waals surface area contributed by atoms with Gasteiger partial charge in [0, 0.05) is 45.0 Å². The summed E-state index contributed by atoms with van der Waals surface area (Å²) in [6.45, 7) is 3.25. The molecule has 0 unspecified atom stereocenters. The van der Waals surface area contributed by atoms with Crippen LogP contribution in [0.3, 0.4) is 0 Å². The minimum atomic E-state index is -4.01. The largest absolute Gasteiger partial charge is 0.493 e. The molecule has 2 aromatic rings. The second-order valence-corrected chi connectivity index (χ2v) is 12.5. The normalized spacial score (nSPS) is 15.6. The Kier molecular flexibility index (Phi) is 8.62. The maximum Gasteiger partial charge on any atom is 0.243 e. The number of hydrogen-bond donors (Lipinski definition) is 1. The second-order valence-electron chi connectivity index (χ2n) is 8.51. The molecule has 2 aromatic carbocycles. The molecule has 0 aliphatic carbocycles. The van der Waals surface area contributed by atoms with E-state index in [0.29, 0.717) is 37.5 Å². The minimum Gasteiger partial charge on any atom is -0.493 e. The first-order valence-corrected chi connectivity index (χ1v) is 14.1. The molecular weight excluding hydrogens is 508 g/mol. The number of methoxy groups -OCH3 is 2. The average Bonchev–Trinajstić information content (AvgIpc) is 2.84. The van der Waals surface area contributed by atoms with Crippen LogP contribution in [0.5, 0.6) is 11.5 Å². The summed E-state index contributed by atoms with van der Waals surface area (Å²) in [4.78, 5) is 14.8. The van der Waals surface area contributed by atoms with Crippen molar-refractivity contribution in [1.29, 1.82) is 0 Å². The van der Waals surface area contributed by atoms with E-state index >= 15 is 0 Å². The van der Waals surface area contributed by atoms with Crippen LogP contribution in [0.4, 0.5) is 5.69 Å². The SMILES string of the molecule is COc1ccc(S(=O)(=O)N(C)CC(=O)Nc2ccc(C)c(S(=O)(=O)N3CCN(C)CC3)c2)cc1OC. The number of benzene rings is 2. The molecule has 1 aliphatic heterocycles. The van der Waals surface area contributed by atoms with Gasteiger partial charge in [-0.1, -0.05) is 6.07 Å². The van der Waals surface area contributed by atoms with Gasteiger partial charge in [0.05, 0.1) is 30.6 Å². The number of aryl methyl sites for hydroxylation is 1. The number of ether oxygens (including phenoxy) is 2. The summed E-state index contributed by atoms with van der Waals surface area (Å²) in [5, 5.41) is 2.61. The van der Waals surface area contributed by atoms with Crippen molar-refractivity contribution in [2.24, 2.45) is 0 Å². The molecule has 0 saturated carbocycles. The Morgan fingerprint density at radius 2 is 1.61 bits per heavy atom. The maximum absolute atomic E-state index is 13.2. The lowest BCUT2D eigenvalue weighted by Crippen LogP contribution is -2.47. The molecule has 0 aromatic heterocycles. The highest BCUT2D eigenvalue weighted by Gasteiger charge is 2.29. The van der Waals surface area contributed by atoms with Gasteiger partial charge in [0.1, 0.15) is 0 Å². The quantitative estimate of drug-likeness (QED) is 0.503. The number of rotatable bonds is 9. The summed E-state index contributed by atoms with van der Waals surface area (Å²) in [6, 6.07) is 8.75. The Bertz CT molecular complexity index is 1320. The Balaban J connectivity index is 1.75. The van der Waals surface area contributed by atoms with E-state index in [2.05, 4.69) is 10.2 Å². The number of nitrogens with zero attached hydrogens (tertiary/aromatic N) is 3. The zero-order valence-electron chi connectivity index (χ0n) is 21.0. The van der Waals surface area contributed by atoms with Gasteiger partial charge >= 0.3 is 0 Å². The van der Waals surface area contributed by atoms with Crippen molar-refractivity contribution < 1.29 is 31.1 Å². The highest BCUT2D eigenvalue weighted by Crippen LogP contribution is 2.30. The lowest BCUT2D eigenvalue weighted by Gasteiger charge is -2.32. The molecule has 1 fully saturated rings. The molecule has 36 heavy (non-hydrogen) atoms. The number of amides is 1. The maximum atomic E-state index is 13.2. The number of piperazine rings is 1. The first-order chi connectivity index (χ1) is 16.9. The van der Waals surface area contributed by atoms with E-state index in [0.717, 1.165) is 4.31 Å².